The highest BCUT2D eigenvalue weighted by molar-refractivity contribution is 7.99. The van der Waals surface area contributed by atoms with Gasteiger partial charge in [-0.25, -0.2) is 5.01 Å². The Morgan fingerprint density at radius 2 is 1.68 bits per heavy atom. The summed E-state index contributed by atoms with van der Waals surface area (Å²) in [5.41, 5.74) is 8.50. The van der Waals surface area contributed by atoms with E-state index in [0.29, 0.717) is 5.70 Å². The quantitative estimate of drug-likeness (QED) is 0.156. The number of rotatable bonds is 16. The molecule has 0 saturated heterocycles. The lowest BCUT2D eigenvalue weighted by Crippen LogP contribution is -2.41. The lowest BCUT2D eigenvalue weighted by molar-refractivity contribution is -0.122. The third-order valence-electron chi connectivity index (χ3n) is 8.46. The van der Waals surface area contributed by atoms with E-state index in [4.69, 9.17) is 4.74 Å². The van der Waals surface area contributed by atoms with Crippen molar-refractivity contribution in [2.75, 3.05) is 43.2 Å². The average Bonchev–Trinajstić information content (AvgIpc) is 3.19. The zero-order valence-corrected chi connectivity index (χ0v) is 28.0. The molecule has 0 radical (unpaired) electrons. The van der Waals surface area contributed by atoms with Gasteiger partial charge in [0.25, 0.3) is 0 Å². The number of hydrogen-bond acceptors (Lipinski definition) is 7. The number of Topliss-reactive ketones (excluding diaryl/α,β-unsaturated/α-hetero) is 1. The number of unbranched alkanes of at least 4 members (excludes halogenated alkanes) is 2. The molecule has 0 amide bonds. The molecule has 0 spiro atoms. The number of hydrogen-bond donors (Lipinski definition) is 2. The van der Waals surface area contributed by atoms with E-state index in [2.05, 4.69) is 78.5 Å². The van der Waals surface area contributed by atoms with E-state index in [1.54, 1.807) is 11.9 Å². The van der Waals surface area contributed by atoms with E-state index in [-0.39, 0.29) is 17.8 Å². The van der Waals surface area contributed by atoms with Gasteiger partial charge in [-0.05, 0) is 55.0 Å². The standard InChI is InChI=1S/C37H50N4O2S/c1-7-9-21-37(22-10-8-2)26-41(31-19-15-12-16-20-31)33-23-32(38-5)34(24-35(33)44-27-37)43-25-28(3)39-40(6)36(29(4)42)30-17-13-11-14-18-30/h11-20,23-24,36,38-39H,3,7-10,21-22,25-27H2,1-2,4-6H3. The number of nitrogens with zero attached hydrogens (tertiary/aromatic N) is 2. The highest BCUT2D eigenvalue weighted by Crippen LogP contribution is 2.49. The van der Waals surface area contributed by atoms with Gasteiger partial charge in [0.05, 0.1) is 17.1 Å². The number of anilines is 3. The number of benzene rings is 3. The van der Waals surface area contributed by atoms with E-state index < -0.39 is 6.04 Å². The maximum Gasteiger partial charge on any atom is 0.153 e. The normalized spacial score (nSPS) is 14.8. The number of likely N-dealkylation sites (N-methyl/N-ethyl adjacent to an activating group) is 1. The van der Waals surface area contributed by atoms with Crippen LogP contribution < -0.4 is 20.4 Å². The predicted octanol–water partition coefficient (Wildman–Crippen LogP) is 9.00. The lowest BCUT2D eigenvalue weighted by atomic mass is 9.79. The maximum atomic E-state index is 12.5. The number of ether oxygens (including phenoxy) is 1. The molecule has 1 aliphatic rings. The molecule has 0 aliphatic carbocycles. The molecule has 3 aromatic carbocycles. The van der Waals surface area contributed by atoms with Crippen LogP contribution in [0.3, 0.4) is 0 Å². The molecule has 7 heteroatoms. The van der Waals surface area contributed by atoms with Gasteiger partial charge in [-0.3, -0.25) is 4.79 Å². The molecule has 3 aromatic rings. The first-order chi connectivity index (χ1) is 21.3. The van der Waals surface area contributed by atoms with E-state index >= 15 is 0 Å². The number of fused-ring (bicyclic) bond motifs is 1. The molecule has 2 N–H and O–H groups in total. The molecule has 0 saturated carbocycles. The fourth-order valence-electron chi connectivity index (χ4n) is 6.13. The molecule has 4 rings (SSSR count). The van der Waals surface area contributed by atoms with Crippen molar-refractivity contribution in [3.8, 4) is 5.75 Å². The number of para-hydroxylation sites is 1. The van der Waals surface area contributed by atoms with Crippen molar-refractivity contribution in [2.45, 2.75) is 70.2 Å². The van der Waals surface area contributed by atoms with E-state index in [0.717, 1.165) is 29.3 Å². The molecular formula is C37H50N4O2S. The number of thioether (sulfide) groups is 1. The van der Waals surface area contributed by atoms with Crippen LogP contribution in [0.25, 0.3) is 0 Å². The Bertz CT molecular complexity index is 1360. The molecule has 1 aliphatic heterocycles. The van der Waals surface area contributed by atoms with E-state index in [1.807, 2.05) is 56.2 Å². The van der Waals surface area contributed by atoms with Crippen molar-refractivity contribution in [1.29, 1.82) is 0 Å². The van der Waals surface area contributed by atoms with Gasteiger partial charge in [0.2, 0.25) is 0 Å². The second-order valence-corrected chi connectivity index (χ2v) is 13.0. The highest BCUT2D eigenvalue weighted by atomic mass is 32.2. The zero-order valence-electron chi connectivity index (χ0n) is 27.2. The minimum absolute atomic E-state index is 0.0529. The number of carbonyl (C=O) groups excluding carboxylic acids is 1. The Morgan fingerprint density at radius 1 is 1.05 bits per heavy atom. The van der Waals surface area contributed by atoms with Gasteiger partial charge in [-0.1, -0.05) is 94.6 Å². The Kier molecular flexibility index (Phi) is 12.2. The Morgan fingerprint density at radius 3 is 2.27 bits per heavy atom. The molecular weight excluding hydrogens is 565 g/mol. The summed E-state index contributed by atoms with van der Waals surface area (Å²) in [6.07, 6.45) is 7.39. The molecule has 44 heavy (non-hydrogen) atoms. The van der Waals surface area contributed by atoms with Crippen LogP contribution in [0.15, 0.2) is 90.0 Å². The summed E-state index contributed by atoms with van der Waals surface area (Å²) in [5.74, 6) is 1.93. The van der Waals surface area contributed by atoms with Gasteiger partial charge in [-0.15, -0.1) is 11.8 Å². The Labute approximate surface area is 269 Å². The maximum absolute atomic E-state index is 12.5. The van der Waals surface area contributed by atoms with Crippen LogP contribution >= 0.6 is 11.8 Å². The van der Waals surface area contributed by atoms with Gasteiger partial charge >= 0.3 is 0 Å². The molecule has 6 nitrogen and oxygen atoms in total. The lowest BCUT2D eigenvalue weighted by Gasteiger charge is -2.37. The minimum Gasteiger partial charge on any atom is -0.485 e. The predicted molar refractivity (Wildman–Crippen MR) is 187 cm³/mol. The third kappa shape index (κ3) is 8.39. The number of ketones is 1. The van der Waals surface area contributed by atoms with Crippen molar-refractivity contribution in [1.82, 2.24) is 10.4 Å². The third-order valence-corrected chi connectivity index (χ3v) is 9.86. The average molecular weight is 615 g/mol. The van der Waals surface area contributed by atoms with Crippen molar-refractivity contribution >= 4 is 34.6 Å². The summed E-state index contributed by atoms with van der Waals surface area (Å²) >= 11 is 1.97. The van der Waals surface area contributed by atoms with Crippen LogP contribution in [0.5, 0.6) is 5.75 Å². The SMILES string of the molecule is C=C(COc1cc2c(cc1NC)N(c1ccccc1)CC(CCCC)(CCCC)CS2)NN(C)C(C(C)=O)c1ccccc1. The Hall–Kier alpha value is -3.42. The van der Waals surface area contributed by atoms with E-state index in [1.165, 1.54) is 54.8 Å². The molecule has 0 bridgehead atoms. The summed E-state index contributed by atoms with van der Waals surface area (Å²) in [7, 11) is 3.81. The van der Waals surface area contributed by atoms with Crippen LogP contribution in [0.2, 0.25) is 0 Å². The van der Waals surface area contributed by atoms with Gasteiger partial charge < -0.3 is 20.4 Å². The molecule has 236 valence electrons. The van der Waals surface area contributed by atoms with Crippen molar-refractivity contribution in [3.05, 3.63) is 90.6 Å². The first kappa shape index (κ1) is 33.5. The molecule has 1 atom stereocenters. The van der Waals surface area contributed by atoms with E-state index in [9.17, 15) is 4.79 Å². The first-order valence-corrected chi connectivity index (χ1v) is 17.0. The van der Waals surface area contributed by atoms with Crippen molar-refractivity contribution in [3.63, 3.8) is 0 Å². The van der Waals surface area contributed by atoms with Crippen LogP contribution in [-0.2, 0) is 4.79 Å². The smallest absolute Gasteiger partial charge is 0.153 e. The summed E-state index contributed by atoms with van der Waals surface area (Å²) in [6, 6.07) is 24.6. The van der Waals surface area contributed by atoms with Gasteiger partial charge in [0.1, 0.15) is 18.4 Å². The monoisotopic (exact) mass is 614 g/mol. The second kappa shape index (κ2) is 16.1. The fraction of sp³-hybridized carbons (Fsp3) is 0.432. The second-order valence-electron chi connectivity index (χ2n) is 12.0. The molecule has 1 heterocycles. The highest BCUT2D eigenvalue weighted by Gasteiger charge is 2.36. The van der Waals surface area contributed by atoms with Crippen molar-refractivity contribution in [2.24, 2.45) is 5.41 Å². The number of hydrazine groups is 1. The zero-order chi connectivity index (χ0) is 31.5. The van der Waals surface area contributed by atoms with Gasteiger partial charge in [0.15, 0.2) is 5.78 Å². The van der Waals surface area contributed by atoms with Crippen LogP contribution in [0.1, 0.15) is 70.9 Å². The largest absolute Gasteiger partial charge is 0.485 e. The number of nitrogens with one attached hydrogen (secondary N) is 2. The fourth-order valence-corrected chi connectivity index (χ4v) is 7.48. The summed E-state index contributed by atoms with van der Waals surface area (Å²) in [4.78, 5) is 16.3. The van der Waals surface area contributed by atoms with Gasteiger partial charge in [0, 0.05) is 37.0 Å². The number of carbonyl (C=O) groups is 1. The van der Waals surface area contributed by atoms with Crippen LogP contribution in [0.4, 0.5) is 17.1 Å². The summed E-state index contributed by atoms with van der Waals surface area (Å²) < 4.78 is 6.40. The first-order valence-electron chi connectivity index (χ1n) is 16.0. The minimum atomic E-state index is -0.422. The van der Waals surface area contributed by atoms with Gasteiger partial charge in [-0.2, -0.15) is 0 Å². The molecule has 1 unspecified atom stereocenters. The summed E-state index contributed by atoms with van der Waals surface area (Å²) in [5, 5.41) is 5.19. The molecule has 0 aromatic heterocycles. The van der Waals surface area contributed by atoms with Crippen LogP contribution in [-0.4, -0.2) is 43.8 Å². The summed E-state index contributed by atoms with van der Waals surface area (Å²) in [6.45, 7) is 11.7. The topological polar surface area (TPSA) is 56.8 Å². The van der Waals surface area contributed by atoms with Crippen LogP contribution in [0, 0.1) is 5.41 Å². The molecule has 0 fully saturated rings. The Balaban J connectivity index is 1.58. The van der Waals surface area contributed by atoms with Crippen molar-refractivity contribution < 1.29 is 9.53 Å².